The zero-order valence-corrected chi connectivity index (χ0v) is 10.6. The zero-order valence-electron chi connectivity index (χ0n) is 10.6. The van der Waals surface area contributed by atoms with Crippen molar-refractivity contribution in [2.24, 2.45) is 0 Å². The van der Waals surface area contributed by atoms with Gasteiger partial charge in [-0.1, -0.05) is 26.0 Å². The molecule has 0 heterocycles. The van der Waals surface area contributed by atoms with Crippen LogP contribution in [-0.2, 0) is 0 Å². The van der Waals surface area contributed by atoms with E-state index in [-0.39, 0.29) is 6.10 Å². The van der Waals surface area contributed by atoms with E-state index in [0.29, 0.717) is 0 Å². The summed E-state index contributed by atoms with van der Waals surface area (Å²) in [5.74, 6) is 0.977. The van der Waals surface area contributed by atoms with Crippen LogP contribution in [0.2, 0.25) is 0 Å². The minimum absolute atomic E-state index is 0.272. The third-order valence-corrected chi connectivity index (χ3v) is 2.55. The second-order valence-electron chi connectivity index (χ2n) is 4.17. The van der Waals surface area contributed by atoms with Crippen LogP contribution >= 0.6 is 0 Å². The maximum absolute atomic E-state index is 5.93. The summed E-state index contributed by atoms with van der Waals surface area (Å²) in [5.41, 5.74) is 1.24. The molecule has 0 aliphatic carbocycles. The Morgan fingerprint density at radius 3 is 2.75 bits per heavy atom. The number of nitrogens with one attached hydrogen (secondary N) is 1. The molecule has 0 aliphatic rings. The van der Waals surface area contributed by atoms with E-state index in [4.69, 9.17) is 4.74 Å². The second kappa shape index (κ2) is 7.29. The summed E-state index contributed by atoms with van der Waals surface area (Å²) in [6, 6.07) is 8.23. The quantitative estimate of drug-likeness (QED) is 0.714. The number of ether oxygens (including phenoxy) is 1. The maximum atomic E-state index is 5.93. The fourth-order valence-corrected chi connectivity index (χ4v) is 1.59. The molecule has 16 heavy (non-hydrogen) atoms. The van der Waals surface area contributed by atoms with Crippen LogP contribution in [-0.4, -0.2) is 19.2 Å². The predicted molar refractivity (Wildman–Crippen MR) is 69.0 cm³/mol. The molecule has 0 aliphatic heterocycles. The van der Waals surface area contributed by atoms with Crippen LogP contribution in [0.4, 0.5) is 0 Å². The summed E-state index contributed by atoms with van der Waals surface area (Å²) in [7, 11) is 0. The summed E-state index contributed by atoms with van der Waals surface area (Å²) in [6.07, 6.45) is 2.47. The standard InChI is InChI=1S/C14H23NO/c1-4-9-15-11-13(5-2)16-14-8-6-7-12(3)10-14/h6-8,10,13,15H,4-5,9,11H2,1-3H3. The normalized spacial score (nSPS) is 12.4. The van der Waals surface area contributed by atoms with Crippen LogP contribution < -0.4 is 10.1 Å². The maximum Gasteiger partial charge on any atom is 0.120 e. The molecule has 2 heteroatoms. The zero-order chi connectivity index (χ0) is 11.8. The van der Waals surface area contributed by atoms with Crippen LogP contribution in [0.15, 0.2) is 24.3 Å². The molecule has 0 saturated carbocycles. The molecule has 2 nitrogen and oxygen atoms in total. The van der Waals surface area contributed by atoms with E-state index in [0.717, 1.165) is 25.3 Å². The van der Waals surface area contributed by atoms with E-state index in [2.05, 4.69) is 38.2 Å². The third kappa shape index (κ3) is 4.67. The van der Waals surface area contributed by atoms with Gasteiger partial charge in [0.05, 0.1) is 0 Å². The molecular weight excluding hydrogens is 198 g/mol. The Bertz CT molecular complexity index is 299. The van der Waals surface area contributed by atoms with Crippen molar-refractivity contribution >= 4 is 0 Å². The highest BCUT2D eigenvalue weighted by Crippen LogP contribution is 2.14. The average molecular weight is 221 g/mol. The molecule has 0 spiro atoms. The Balaban J connectivity index is 2.43. The Hall–Kier alpha value is -1.02. The van der Waals surface area contributed by atoms with Crippen LogP contribution in [0.3, 0.4) is 0 Å². The van der Waals surface area contributed by atoms with Gasteiger partial charge >= 0.3 is 0 Å². The lowest BCUT2D eigenvalue weighted by molar-refractivity contribution is 0.193. The molecule has 1 N–H and O–H groups in total. The van der Waals surface area contributed by atoms with Crippen molar-refractivity contribution in [3.8, 4) is 5.75 Å². The van der Waals surface area contributed by atoms with E-state index < -0.39 is 0 Å². The Morgan fingerprint density at radius 2 is 2.12 bits per heavy atom. The molecular formula is C14H23NO. The molecule has 1 atom stereocenters. The van der Waals surface area contributed by atoms with Crippen LogP contribution in [0, 0.1) is 6.92 Å². The fourth-order valence-electron chi connectivity index (χ4n) is 1.59. The monoisotopic (exact) mass is 221 g/mol. The number of aryl methyl sites for hydroxylation is 1. The molecule has 0 amide bonds. The van der Waals surface area contributed by atoms with Crippen LogP contribution in [0.1, 0.15) is 32.3 Å². The van der Waals surface area contributed by atoms with Gasteiger partial charge in [0.15, 0.2) is 0 Å². The summed E-state index contributed by atoms with van der Waals surface area (Å²) < 4.78 is 5.93. The first-order chi connectivity index (χ1) is 7.76. The summed E-state index contributed by atoms with van der Waals surface area (Å²) in [5, 5.41) is 3.40. The lowest BCUT2D eigenvalue weighted by Crippen LogP contribution is -2.31. The van der Waals surface area contributed by atoms with Gasteiger partial charge in [0, 0.05) is 6.54 Å². The molecule has 1 rings (SSSR count). The highest BCUT2D eigenvalue weighted by atomic mass is 16.5. The van der Waals surface area contributed by atoms with E-state index in [1.807, 2.05) is 12.1 Å². The molecule has 0 saturated heterocycles. The Morgan fingerprint density at radius 1 is 1.31 bits per heavy atom. The molecule has 1 unspecified atom stereocenters. The second-order valence-corrected chi connectivity index (χ2v) is 4.17. The lowest BCUT2D eigenvalue weighted by Gasteiger charge is -2.18. The Kier molecular flexibility index (Phi) is 5.94. The first-order valence-electron chi connectivity index (χ1n) is 6.20. The van der Waals surface area contributed by atoms with Gasteiger partial charge in [-0.15, -0.1) is 0 Å². The summed E-state index contributed by atoms with van der Waals surface area (Å²) >= 11 is 0. The van der Waals surface area contributed by atoms with Gasteiger partial charge < -0.3 is 10.1 Å². The van der Waals surface area contributed by atoms with Crippen molar-refractivity contribution < 1.29 is 4.74 Å². The molecule has 90 valence electrons. The van der Waals surface area contributed by atoms with Gasteiger partial charge in [-0.05, 0) is 44.0 Å². The Labute approximate surface area is 99.0 Å². The van der Waals surface area contributed by atoms with Crippen LogP contribution in [0.5, 0.6) is 5.75 Å². The molecule has 0 aromatic heterocycles. The largest absolute Gasteiger partial charge is 0.489 e. The third-order valence-electron chi connectivity index (χ3n) is 2.55. The van der Waals surface area contributed by atoms with Crippen molar-refractivity contribution in [2.45, 2.75) is 39.7 Å². The minimum Gasteiger partial charge on any atom is -0.489 e. The van der Waals surface area contributed by atoms with Crippen LogP contribution in [0.25, 0.3) is 0 Å². The van der Waals surface area contributed by atoms with Crippen molar-refractivity contribution in [3.63, 3.8) is 0 Å². The van der Waals surface area contributed by atoms with Crippen molar-refractivity contribution in [2.75, 3.05) is 13.1 Å². The van der Waals surface area contributed by atoms with Gasteiger partial charge in [-0.25, -0.2) is 0 Å². The molecule has 1 aromatic rings. The summed E-state index contributed by atoms with van der Waals surface area (Å²) in [4.78, 5) is 0. The average Bonchev–Trinajstić information content (AvgIpc) is 2.28. The smallest absolute Gasteiger partial charge is 0.120 e. The van der Waals surface area contributed by atoms with E-state index >= 15 is 0 Å². The van der Waals surface area contributed by atoms with Crippen molar-refractivity contribution in [1.82, 2.24) is 5.32 Å². The molecule has 0 radical (unpaired) electrons. The highest BCUT2D eigenvalue weighted by molar-refractivity contribution is 5.27. The number of rotatable bonds is 7. The topological polar surface area (TPSA) is 21.3 Å². The van der Waals surface area contributed by atoms with Crippen molar-refractivity contribution in [1.29, 1.82) is 0 Å². The van der Waals surface area contributed by atoms with Gasteiger partial charge in [0.25, 0.3) is 0 Å². The molecule has 0 bridgehead atoms. The van der Waals surface area contributed by atoms with E-state index in [1.165, 1.54) is 12.0 Å². The highest BCUT2D eigenvalue weighted by Gasteiger charge is 2.07. The van der Waals surface area contributed by atoms with Gasteiger partial charge in [-0.2, -0.15) is 0 Å². The van der Waals surface area contributed by atoms with Gasteiger partial charge in [0.2, 0.25) is 0 Å². The van der Waals surface area contributed by atoms with Gasteiger partial charge in [0.1, 0.15) is 11.9 Å². The van der Waals surface area contributed by atoms with E-state index in [1.54, 1.807) is 0 Å². The van der Waals surface area contributed by atoms with Gasteiger partial charge in [-0.3, -0.25) is 0 Å². The first kappa shape index (κ1) is 13.0. The number of benzene rings is 1. The first-order valence-corrected chi connectivity index (χ1v) is 6.20. The SMILES string of the molecule is CCCNCC(CC)Oc1cccc(C)c1. The molecule has 0 fully saturated rings. The number of hydrogen-bond donors (Lipinski definition) is 1. The number of hydrogen-bond acceptors (Lipinski definition) is 2. The van der Waals surface area contributed by atoms with E-state index in [9.17, 15) is 0 Å². The minimum atomic E-state index is 0.272. The fraction of sp³-hybridized carbons (Fsp3) is 0.571. The lowest BCUT2D eigenvalue weighted by atomic mass is 10.2. The molecule has 1 aromatic carbocycles. The predicted octanol–water partition coefficient (Wildman–Crippen LogP) is 3.15. The summed E-state index contributed by atoms with van der Waals surface area (Å²) in [6.45, 7) is 8.42. The van der Waals surface area contributed by atoms with Crippen molar-refractivity contribution in [3.05, 3.63) is 29.8 Å².